The highest BCUT2D eigenvalue weighted by Gasteiger charge is 2.25. The third kappa shape index (κ3) is 5.90. The minimum atomic E-state index is 0.553. The van der Waals surface area contributed by atoms with Crippen molar-refractivity contribution in [2.75, 3.05) is 0 Å². The van der Waals surface area contributed by atoms with Crippen LogP contribution in [0.4, 0.5) is 0 Å². The van der Waals surface area contributed by atoms with Gasteiger partial charge in [0.15, 0.2) is 11.6 Å². The second-order valence-electron chi connectivity index (χ2n) is 15.6. The van der Waals surface area contributed by atoms with Crippen LogP contribution in [0.3, 0.4) is 0 Å². The Hall–Kier alpha value is -8.41. The number of nitrogens with zero attached hydrogens (tertiary/aromatic N) is 5. The molecule has 0 spiro atoms. The third-order valence-electron chi connectivity index (χ3n) is 12.0. The van der Waals surface area contributed by atoms with Crippen LogP contribution in [-0.4, -0.2) is 24.1 Å². The lowest BCUT2D eigenvalue weighted by molar-refractivity contribution is 0.953. The van der Waals surface area contributed by atoms with Gasteiger partial charge in [-0.1, -0.05) is 194 Å². The Bertz CT molecular complexity index is 3610. The predicted octanol–water partition coefficient (Wildman–Crippen LogP) is 14.4. The van der Waals surface area contributed by atoms with Crippen molar-refractivity contribution in [3.63, 3.8) is 0 Å². The number of para-hydroxylation sites is 2. The summed E-state index contributed by atoms with van der Waals surface area (Å²) in [4.78, 5) is 15.9. The summed E-state index contributed by atoms with van der Waals surface area (Å²) in [6.45, 7) is 0. The van der Waals surface area contributed by atoms with Gasteiger partial charge >= 0.3 is 0 Å². The van der Waals surface area contributed by atoms with Crippen LogP contribution in [0.1, 0.15) is 0 Å². The first kappa shape index (κ1) is 35.5. The maximum Gasteiger partial charge on any atom is 0.238 e. The number of hydrogen-bond donors (Lipinski definition) is 0. The highest BCUT2D eigenvalue weighted by atomic mass is 15.2. The van der Waals surface area contributed by atoms with Crippen LogP contribution in [0.2, 0.25) is 0 Å². The van der Waals surface area contributed by atoms with Crippen molar-refractivity contribution in [2.24, 2.45) is 0 Å². The van der Waals surface area contributed by atoms with Crippen molar-refractivity contribution in [1.29, 1.82) is 0 Å². The van der Waals surface area contributed by atoms with Gasteiger partial charge in [-0.25, -0.2) is 4.98 Å². The molecular formula is C57H37N5. The Morgan fingerprint density at radius 2 is 0.726 bits per heavy atom. The fraction of sp³-hybridized carbons (Fsp3) is 0. The Kier molecular flexibility index (Phi) is 8.42. The van der Waals surface area contributed by atoms with Gasteiger partial charge in [-0.15, -0.1) is 0 Å². The Labute approximate surface area is 358 Å². The summed E-state index contributed by atoms with van der Waals surface area (Å²) in [6, 6.07) is 79.3. The lowest BCUT2D eigenvalue weighted by Gasteiger charge is -2.17. The SMILES string of the molecule is c1ccc(-c2cccc(-c3nc(-c4ccccc4)nc(-n4c5ccccc5c5ccc6c7ccccc7n(-c7ccc(-c8ccccc8)cc7-c7ccccc7)c6c54)n3)c2)cc1. The summed E-state index contributed by atoms with van der Waals surface area (Å²) in [5.41, 5.74) is 14.0. The number of hydrogen-bond acceptors (Lipinski definition) is 3. The molecule has 290 valence electrons. The predicted molar refractivity (Wildman–Crippen MR) is 256 cm³/mol. The highest BCUT2D eigenvalue weighted by molar-refractivity contribution is 6.24. The Morgan fingerprint density at radius 3 is 1.34 bits per heavy atom. The first-order valence-corrected chi connectivity index (χ1v) is 21.0. The minimum Gasteiger partial charge on any atom is -0.307 e. The van der Waals surface area contributed by atoms with Crippen molar-refractivity contribution in [1.82, 2.24) is 24.1 Å². The summed E-state index contributed by atoms with van der Waals surface area (Å²) >= 11 is 0. The molecule has 0 fully saturated rings. The monoisotopic (exact) mass is 791 g/mol. The van der Waals surface area contributed by atoms with Crippen LogP contribution in [0, 0.1) is 0 Å². The first-order chi connectivity index (χ1) is 30.8. The van der Waals surface area contributed by atoms with Gasteiger partial charge in [-0.05, 0) is 58.1 Å². The van der Waals surface area contributed by atoms with Gasteiger partial charge in [0, 0.05) is 38.2 Å². The molecular weight excluding hydrogens is 755 g/mol. The number of benzene rings is 9. The van der Waals surface area contributed by atoms with Crippen molar-refractivity contribution in [3.05, 3.63) is 224 Å². The standard InChI is InChI=1S/C57H37N5/c1-5-18-38(19-6-1)42-26-17-27-44(36-42)56-58-55(41-24-11-4-12-25-41)59-57(60-56)62-51-31-16-14-29-46(51)48-34-33-47-45-28-13-15-30-50(45)61(53(47)54(48)62)52-35-32-43(39-20-7-2-8-21-39)37-49(52)40-22-9-3-10-23-40/h1-37H. The molecule has 0 radical (unpaired) electrons. The summed E-state index contributed by atoms with van der Waals surface area (Å²) in [7, 11) is 0. The summed E-state index contributed by atoms with van der Waals surface area (Å²) in [6.07, 6.45) is 0. The maximum atomic E-state index is 5.41. The molecule has 5 heteroatoms. The van der Waals surface area contributed by atoms with Gasteiger partial charge in [0.25, 0.3) is 0 Å². The minimum absolute atomic E-state index is 0.553. The second kappa shape index (κ2) is 14.7. The van der Waals surface area contributed by atoms with Gasteiger partial charge in [0.1, 0.15) is 0 Å². The lowest BCUT2D eigenvalue weighted by Crippen LogP contribution is -2.07. The zero-order chi connectivity index (χ0) is 41.0. The molecule has 0 amide bonds. The number of aromatic nitrogens is 5. The Morgan fingerprint density at radius 1 is 0.274 bits per heavy atom. The van der Waals surface area contributed by atoms with Crippen LogP contribution in [0.5, 0.6) is 0 Å². The number of fused-ring (bicyclic) bond motifs is 7. The summed E-state index contributed by atoms with van der Waals surface area (Å²) < 4.78 is 4.73. The van der Waals surface area contributed by atoms with E-state index < -0.39 is 0 Å². The van der Waals surface area contributed by atoms with Gasteiger partial charge in [0.05, 0.1) is 27.8 Å². The molecule has 0 aliphatic heterocycles. The van der Waals surface area contributed by atoms with E-state index in [0.717, 1.165) is 82.9 Å². The molecule has 0 aliphatic rings. The van der Waals surface area contributed by atoms with Crippen LogP contribution < -0.4 is 0 Å². The number of rotatable bonds is 7. The largest absolute Gasteiger partial charge is 0.307 e. The molecule has 9 aromatic carbocycles. The quantitative estimate of drug-likeness (QED) is 0.162. The molecule has 0 N–H and O–H groups in total. The van der Waals surface area contributed by atoms with Gasteiger partial charge < -0.3 is 4.57 Å². The lowest BCUT2D eigenvalue weighted by atomic mass is 9.97. The van der Waals surface area contributed by atoms with E-state index in [0.29, 0.717) is 17.6 Å². The molecule has 12 aromatic rings. The first-order valence-electron chi connectivity index (χ1n) is 21.0. The molecule has 3 heterocycles. The third-order valence-corrected chi connectivity index (χ3v) is 12.0. The molecule has 62 heavy (non-hydrogen) atoms. The maximum absolute atomic E-state index is 5.41. The normalized spacial score (nSPS) is 11.5. The van der Waals surface area contributed by atoms with E-state index in [-0.39, 0.29) is 0 Å². The van der Waals surface area contributed by atoms with E-state index >= 15 is 0 Å². The summed E-state index contributed by atoms with van der Waals surface area (Å²) in [5.74, 6) is 1.77. The summed E-state index contributed by atoms with van der Waals surface area (Å²) in [5, 5.41) is 4.56. The molecule has 0 unspecified atom stereocenters. The van der Waals surface area contributed by atoms with E-state index in [1.165, 1.54) is 10.9 Å². The second-order valence-corrected chi connectivity index (χ2v) is 15.6. The fourth-order valence-corrected chi connectivity index (χ4v) is 9.13. The molecule has 0 atom stereocenters. The molecule has 12 rings (SSSR count). The van der Waals surface area contributed by atoms with Crippen LogP contribution in [0.25, 0.3) is 111 Å². The van der Waals surface area contributed by atoms with E-state index in [4.69, 9.17) is 15.0 Å². The molecule has 0 bridgehead atoms. The van der Waals surface area contributed by atoms with E-state index in [9.17, 15) is 0 Å². The van der Waals surface area contributed by atoms with Crippen LogP contribution in [0.15, 0.2) is 224 Å². The van der Waals surface area contributed by atoms with Crippen molar-refractivity contribution < 1.29 is 0 Å². The Balaban J connectivity index is 1.19. The molecule has 0 aliphatic carbocycles. The highest BCUT2D eigenvalue weighted by Crippen LogP contribution is 2.44. The van der Waals surface area contributed by atoms with Gasteiger partial charge in [-0.2, -0.15) is 9.97 Å². The van der Waals surface area contributed by atoms with Gasteiger partial charge in [-0.3, -0.25) is 4.57 Å². The molecule has 0 saturated heterocycles. The zero-order valence-corrected chi connectivity index (χ0v) is 33.6. The van der Waals surface area contributed by atoms with E-state index in [1.54, 1.807) is 0 Å². The smallest absolute Gasteiger partial charge is 0.238 e. The fourth-order valence-electron chi connectivity index (χ4n) is 9.13. The molecule has 0 saturated carbocycles. The zero-order valence-electron chi connectivity index (χ0n) is 33.6. The average molecular weight is 792 g/mol. The topological polar surface area (TPSA) is 48.5 Å². The van der Waals surface area contributed by atoms with Crippen molar-refractivity contribution in [3.8, 4) is 67.8 Å². The van der Waals surface area contributed by atoms with Crippen LogP contribution >= 0.6 is 0 Å². The molecule has 5 nitrogen and oxygen atoms in total. The molecule has 3 aromatic heterocycles. The van der Waals surface area contributed by atoms with Crippen LogP contribution in [-0.2, 0) is 0 Å². The van der Waals surface area contributed by atoms with Gasteiger partial charge in [0.2, 0.25) is 5.95 Å². The van der Waals surface area contributed by atoms with Crippen molar-refractivity contribution in [2.45, 2.75) is 0 Å². The van der Waals surface area contributed by atoms with E-state index in [2.05, 4.69) is 209 Å². The average Bonchev–Trinajstić information content (AvgIpc) is 3.88. The van der Waals surface area contributed by atoms with Crippen molar-refractivity contribution >= 4 is 43.6 Å². The van der Waals surface area contributed by atoms with E-state index in [1.807, 2.05) is 24.3 Å².